The third kappa shape index (κ3) is 4.60. The lowest BCUT2D eigenvalue weighted by Gasteiger charge is -2.10. The number of benzene rings is 2. The first-order valence-corrected chi connectivity index (χ1v) is 6.84. The zero-order valence-corrected chi connectivity index (χ0v) is 12.1. The summed E-state index contributed by atoms with van der Waals surface area (Å²) >= 11 is 0. The molecule has 0 fully saturated rings. The number of halogens is 1. The third-order valence-electron chi connectivity index (χ3n) is 2.78. The van der Waals surface area contributed by atoms with E-state index >= 15 is 0 Å². The van der Waals surface area contributed by atoms with Crippen LogP contribution in [0.4, 0.5) is 10.1 Å². The maximum atomic E-state index is 12.8. The van der Waals surface area contributed by atoms with Crippen molar-refractivity contribution < 1.29 is 13.9 Å². The molecule has 0 saturated carbocycles. The molecule has 110 valence electrons. The number of carbonyl (C=O) groups excluding carboxylic acids is 1. The minimum atomic E-state index is -0.365. The summed E-state index contributed by atoms with van der Waals surface area (Å²) in [6.07, 6.45) is 0. The van der Waals surface area contributed by atoms with Crippen LogP contribution in [-0.4, -0.2) is 12.5 Å². The molecule has 0 aromatic heterocycles. The second-order valence-electron chi connectivity index (χ2n) is 5.19. The molecule has 0 unspecified atom stereocenters. The highest BCUT2D eigenvalue weighted by Gasteiger charge is 2.07. The van der Waals surface area contributed by atoms with E-state index in [1.54, 1.807) is 12.1 Å². The summed E-state index contributed by atoms with van der Waals surface area (Å²) < 4.78 is 18.4. The van der Waals surface area contributed by atoms with Gasteiger partial charge in [0.15, 0.2) is 0 Å². The molecule has 0 radical (unpaired) electrons. The number of anilines is 1. The Labute approximate surface area is 123 Å². The van der Waals surface area contributed by atoms with Crippen molar-refractivity contribution in [3.63, 3.8) is 0 Å². The lowest BCUT2D eigenvalue weighted by atomic mass is 10.2. The monoisotopic (exact) mass is 287 g/mol. The number of ether oxygens (including phenoxy) is 1. The molecular formula is C17H18FNO2. The van der Waals surface area contributed by atoms with E-state index in [9.17, 15) is 9.18 Å². The summed E-state index contributed by atoms with van der Waals surface area (Å²) in [5.74, 6) is 0.495. The number of hydrogen-bond acceptors (Lipinski definition) is 2. The number of carbonyl (C=O) groups is 1. The molecule has 0 saturated heterocycles. The average molecular weight is 287 g/mol. The first kappa shape index (κ1) is 15.0. The molecule has 1 amide bonds. The van der Waals surface area contributed by atoms with Crippen molar-refractivity contribution >= 4 is 11.6 Å². The van der Waals surface area contributed by atoms with Gasteiger partial charge in [-0.3, -0.25) is 4.79 Å². The summed E-state index contributed by atoms with van der Waals surface area (Å²) in [6, 6.07) is 12.6. The molecule has 3 nitrogen and oxygen atoms in total. The minimum absolute atomic E-state index is 0.281. The van der Waals surface area contributed by atoms with E-state index < -0.39 is 0 Å². The van der Waals surface area contributed by atoms with Crippen LogP contribution in [0.2, 0.25) is 0 Å². The Balaban J connectivity index is 2.03. The van der Waals surface area contributed by atoms with E-state index in [0.29, 0.717) is 29.5 Å². The fourth-order valence-electron chi connectivity index (χ4n) is 1.73. The van der Waals surface area contributed by atoms with Gasteiger partial charge in [-0.05, 0) is 42.3 Å². The summed E-state index contributed by atoms with van der Waals surface area (Å²) in [7, 11) is 0. The van der Waals surface area contributed by atoms with Crippen LogP contribution in [0.3, 0.4) is 0 Å². The van der Waals surface area contributed by atoms with E-state index in [2.05, 4.69) is 19.2 Å². The predicted octanol–water partition coefficient (Wildman–Crippen LogP) is 4.11. The molecule has 0 atom stereocenters. The van der Waals surface area contributed by atoms with Crippen LogP contribution in [0, 0.1) is 11.7 Å². The fraction of sp³-hybridized carbons (Fsp3) is 0.235. The third-order valence-corrected chi connectivity index (χ3v) is 2.78. The molecule has 21 heavy (non-hydrogen) atoms. The van der Waals surface area contributed by atoms with Gasteiger partial charge in [-0.15, -0.1) is 0 Å². The van der Waals surface area contributed by atoms with Gasteiger partial charge in [0.2, 0.25) is 0 Å². The van der Waals surface area contributed by atoms with Crippen LogP contribution in [0.5, 0.6) is 5.75 Å². The lowest BCUT2D eigenvalue weighted by molar-refractivity contribution is 0.102. The maximum absolute atomic E-state index is 12.8. The van der Waals surface area contributed by atoms with Gasteiger partial charge in [0, 0.05) is 17.3 Å². The van der Waals surface area contributed by atoms with Crippen LogP contribution >= 0.6 is 0 Å². The van der Waals surface area contributed by atoms with E-state index in [-0.39, 0.29) is 11.7 Å². The van der Waals surface area contributed by atoms with E-state index in [1.165, 1.54) is 24.3 Å². The topological polar surface area (TPSA) is 38.3 Å². The first-order valence-electron chi connectivity index (χ1n) is 6.84. The molecule has 4 heteroatoms. The van der Waals surface area contributed by atoms with Gasteiger partial charge in [-0.2, -0.15) is 0 Å². The van der Waals surface area contributed by atoms with Crippen LogP contribution in [0.25, 0.3) is 0 Å². The Morgan fingerprint density at radius 1 is 1.19 bits per heavy atom. The standard InChI is InChI=1S/C17H18FNO2/c1-12(2)11-21-16-5-3-4-15(10-16)19-17(20)13-6-8-14(18)9-7-13/h3-10,12H,11H2,1-2H3,(H,19,20). The Morgan fingerprint density at radius 2 is 1.90 bits per heavy atom. The highest BCUT2D eigenvalue weighted by Crippen LogP contribution is 2.19. The SMILES string of the molecule is CC(C)COc1cccc(NC(=O)c2ccc(F)cc2)c1. The number of amides is 1. The lowest BCUT2D eigenvalue weighted by Crippen LogP contribution is -2.12. The Hall–Kier alpha value is -2.36. The van der Waals surface area contributed by atoms with Gasteiger partial charge < -0.3 is 10.1 Å². The summed E-state index contributed by atoms with van der Waals surface area (Å²) in [6.45, 7) is 4.76. The minimum Gasteiger partial charge on any atom is -0.493 e. The highest BCUT2D eigenvalue weighted by atomic mass is 19.1. The maximum Gasteiger partial charge on any atom is 0.255 e. The fourth-order valence-corrected chi connectivity index (χ4v) is 1.73. The normalized spacial score (nSPS) is 10.5. The zero-order valence-electron chi connectivity index (χ0n) is 12.1. The molecule has 0 aliphatic rings. The van der Waals surface area contributed by atoms with Crippen molar-refractivity contribution in [1.82, 2.24) is 0 Å². The van der Waals surface area contributed by atoms with Gasteiger partial charge in [-0.25, -0.2) is 4.39 Å². The van der Waals surface area contributed by atoms with Crippen LogP contribution in [0.15, 0.2) is 48.5 Å². The van der Waals surface area contributed by atoms with Gasteiger partial charge in [0.1, 0.15) is 11.6 Å². The largest absolute Gasteiger partial charge is 0.493 e. The molecular weight excluding hydrogens is 269 g/mol. The molecule has 0 bridgehead atoms. The van der Waals surface area contributed by atoms with Crippen molar-refractivity contribution in [2.24, 2.45) is 5.92 Å². The first-order chi connectivity index (χ1) is 10.0. The molecule has 1 N–H and O–H groups in total. The van der Waals surface area contributed by atoms with E-state index in [1.807, 2.05) is 12.1 Å². The second kappa shape index (κ2) is 6.88. The van der Waals surface area contributed by atoms with E-state index in [0.717, 1.165) is 0 Å². The van der Waals surface area contributed by atoms with Crippen molar-refractivity contribution in [1.29, 1.82) is 0 Å². The summed E-state index contributed by atoms with van der Waals surface area (Å²) in [4.78, 5) is 12.0. The second-order valence-corrected chi connectivity index (χ2v) is 5.19. The smallest absolute Gasteiger partial charge is 0.255 e. The summed E-state index contributed by atoms with van der Waals surface area (Å²) in [5, 5.41) is 2.76. The van der Waals surface area contributed by atoms with Crippen molar-refractivity contribution in [2.45, 2.75) is 13.8 Å². The zero-order chi connectivity index (χ0) is 15.2. The Kier molecular flexibility index (Phi) is 4.93. The molecule has 2 aromatic rings. The van der Waals surface area contributed by atoms with Crippen molar-refractivity contribution in [3.05, 3.63) is 59.9 Å². The van der Waals surface area contributed by atoms with Gasteiger partial charge in [-0.1, -0.05) is 19.9 Å². The van der Waals surface area contributed by atoms with Crippen LogP contribution in [-0.2, 0) is 0 Å². The van der Waals surface area contributed by atoms with Crippen LogP contribution in [0.1, 0.15) is 24.2 Å². The van der Waals surface area contributed by atoms with Gasteiger partial charge in [0.25, 0.3) is 5.91 Å². The Morgan fingerprint density at radius 3 is 2.57 bits per heavy atom. The number of rotatable bonds is 5. The Bertz CT molecular complexity index is 608. The molecule has 2 rings (SSSR count). The van der Waals surface area contributed by atoms with Gasteiger partial charge >= 0.3 is 0 Å². The van der Waals surface area contributed by atoms with Gasteiger partial charge in [0.05, 0.1) is 6.61 Å². The molecule has 0 aliphatic heterocycles. The number of hydrogen-bond donors (Lipinski definition) is 1. The quantitative estimate of drug-likeness (QED) is 0.898. The molecule has 0 aliphatic carbocycles. The van der Waals surface area contributed by atoms with Crippen LogP contribution < -0.4 is 10.1 Å². The van der Waals surface area contributed by atoms with Crippen molar-refractivity contribution in [2.75, 3.05) is 11.9 Å². The number of nitrogens with one attached hydrogen (secondary N) is 1. The molecule has 2 aromatic carbocycles. The predicted molar refractivity (Wildman–Crippen MR) is 81.1 cm³/mol. The van der Waals surface area contributed by atoms with Crippen molar-refractivity contribution in [3.8, 4) is 5.75 Å². The average Bonchev–Trinajstić information content (AvgIpc) is 2.46. The van der Waals surface area contributed by atoms with E-state index in [4.69, 9.17) is 4.74 Å². The highest BCUT2D eigenvalue weighted by molar-refractivity contribution is 6.04. The summed E-state index contributed by atoms with van der Waals surface area (Å²) in [5.41, 5.74) is 1.05. The molecule has 0 spiro atoms. The molecule has 0 heterocycles.